The van der Waals surface area contributed by atoms with E-state index in [9.17, 15) is 0 Å². The summed E-state index contributed by atoms with van der Waals surface area (Å²) in [6, 6.07) is 0.258. The third kappa shape index (κ3) is 5.53. The van der Waals surface area contributed by atoms with Crippen LogP contribution in [0.2, 0.25) is 0 Å². The van der Waals surface area contributed by atoms with E-state index >= 15 is 0 Å². The third-order valence-electron chi connectivity index (χ3n) is 1.69. The highest BCUT2D eigenvalue weighted by molar-refractivity contribution is 7.99. The minimum absolute atomic E-state index is 0.246. The molecule has 0 spiro atoms. The second kappa shape index (κ2) is 5.86. The summed E-state index contributed by atoms with van der Waals surface area (Å²) in [5.41, 5.74) is 5.82. The first-order valence-corrected chi connectivity index (χ1v) is 5.10. The molecule has 0 aliphatic carbocycles. The lowest BCUT2D eigenvalue weighted by atomic mass is 10.1. The van der Waals surface area contributed by atoms with Crippen LogP contribution < -0.4 is 5.73 Å². The van der Waals surface area contributed by atoms with Gasteiger partial charge in [-0.3, -0.25) is 0 Å². The van der Waals surface area contributed by atoms with Crippen LogP contribution in [0.5, 0.6) is 0 Å². The van der Waals surface area contributed by atoms with Crippen LogP contribution in [0, 0.1) is 5.92 Å². The number of thioether (sulfide) groups is 1. The fraction of sp³-hybridized carbons (Fsp3) is 1.00. The van der Waals surface area contributed by atoms with Crippen molar-refractivity contribution in [2.24, 2.45) is 11.7 Å². The normalized spacial score (nSPS) is 16.9. The molecule has 0 amide bonds. The van der Waals surface area contributed by atoms with Crippen molar-refractivity contribution in [3.05, 3.63) is 0 Å². The molecule has 11 heavy (non-hydrogen) atoms. The topological polar surface area (TPSA) is 46.2 Å². The Hall–Kier alpha value is 0.270. The predicted octanol–water partition coefficient (Wildman–Crippen LogP) is 1.08. The molecule has 0 saturated carbocycles. The average molecular weight is 177 g/mol. The van der Waals surface area contributed by atoms with E-state index in [0.29, 0.717) is 11.2 Å². The molecule has 3 heteroatoms. The largest absolute Gasteiger partial charge is 0.395 e. The second-order valence-corrected chi connectivity index (χ2v) is 4.71. The van der Waals surface area contributed by atoms with Gasteiger partial charge in [-0.1, -0.05) is 20.8 Å². The fourth-order valence-electron chi connectivity index (χ4n) is 0.521. The molecule has 3 N–H and O–H groups in total. The number of aliphatic hydroxyl groups is 1. The maximum Gasteiger partial charge on any atom is 0.0547 e. The highest BCUT2D eigenvalue weighted by atomic mass is 32.2. The first-order valence-electron chi connectivity index (χ1n) is 4.06. The van der Waals surface area contributed by atoms with Gasteiger partial charge in [-0.25, -0.2) is 0 Å². The lowest BCUT2D eigenvalue weighted by molar-refractivity contribution is 0.300. The highest BCUT2D eigenvalue weighted by Gasteiger charge is 2.09. The standard InChI is InChI=1S/C8H19NOS/c1-6(2)8(9)5-11-7(3)4-10/h6-8,10H,4-5,9H2,1-3H3. The molecule has 0 saturated heterocycles. The number of rotatable bonds is 5. The molecule has 2 atom stereocenters. The molecule has 0 aromatic heterocycles. The zero-order valence-electron chi connectivity index (χ0n) is 7.58. The van der Waals surface area contributed by atoms with Gasteiger partial charge in [0.15, 0.2) is 0 Å². The van der Waals surface area contributed by atoms with Crippen molar-refractivity contribution in [3.63, 3.8) is 0 Å². The lowest BCUT2D eigenvalue weighted by Gasteiger charge is -2.16. The average Bonchev–Trinajstić information content (AvgIpc) is 1.99. The van der Waals surface area contributed by atoms with Crippen molar-refractivity contribution in [1.29, 1.82) is 0 Å². The van der Waals surface area contributed by atoms with Crippen molar-refractivity contribution >= 4 is 11.8 Å². The minimum Gasteiger partial charge on any atom is -0.395 e. The molecule has 0 bridgehead atoms. The Bertz CT molecular complexity index is 98.1. The highest BCUT2D eigenvalue weighted by Crippen LogP contribution is 2.13. The van der Waals surface area contributed by atoms with Gasteiger partial charge in [0, 0.05) is 17.0 Å². The first kappa shape index (κ1) is 11.3. The van der Waals surface area contributed by atoms with Crippen LogP contribution in [-0.2, 0) is 0 Å². The van der Waals surface area contributed by atoms with Crippen molar-refractivity contribution in [2.75, 3.05) is 12.4 Å². The van der Waals surface area contributed by atoms with Crippen molar-refractivity contribution in [3.8, 4) is 0 Å². The van der Waals surface area contributed by atoms with E-state index in [4.69, 9.17) is 10.8 Å². The van der Waals surface area contributed by atoms with Gasteiger partial charge < -0.3 is 10.8 Å². The Morgan fingerprint density at radius 3 is 2.27 bits per heavy atom. The quantitative estimate of drug-likeness (QED) is 0.660. The number of aliphatic hydroxyl groups excluding tert-OH is 1. The number of nitrogens with two attached hydrogens (primary N) is 1. The van der Waals surface area contributed by atoms with Crippen LogP contribution in [-0.4, -0.2) is 28.8 Å². The summed E-state index contributed by atoms with van der Waals surface area (Å²) in [5.74, 6) is 1.48. The van der Waals surface area contributed by atoms with E-state index in [1.165, 1.54) is 0 Å². The van der Waals surface area contributed by atoms with E-state index in [1.54, 1.807) is 11.8 Å². The smallest absolute Gasteiger partial charge is 0.0547 e. The van der Waals surface area contributed by atoms with E-state index in [0.717, 1.165) is 5.75 Å². The maximum atomic E-state index is 8.72. The Morgan fingerprint density at radius 2 is 1.91 bits per heavy atom. The van der Waals surface area contributed by atoms with Gasteiger partial charge in [-0.05, 0) is 5.92 Å². The number of hydrogen-bond acceptors (Lipinski definition) is 3. The van der Waals surface area contributed by atoms with Crippen LogP contribution in [0.4, 0.5) is 0 Å². The second-order valence-electron chi connectivity index (χ2n) is 3.23. The summed E-state index contributed by atoms with van der Waals surface area (Å²) in [5, 5.41) is 9.04. The maximum absolute atomic E-state index is 8.72. The molecular formula is C8H19NOS. The molecule has 0 heterocycles. The minimum atomic E-state index is 0.246. The molecular weight excluding hydrogens is 158 g/mol. The van der Waals surface area contributed by atoms with Crippen LogP contribution in [0.15, 0.2) is 0 Å². The van der Waals surface area contributed by atoms with Crippen molar-refractivity contribution in [2.45, 2.75) is 32.1 Å². The summed E-state index contributed by atoms with van der Waals surface area (Å²) in [6.45, 7) is 6.50. The molecule has 2 nitrogen and oxygen atoms in total. The summed E-state index contributed by atoms with van der Waals surface area (Å²) in [4.78, 5) is 0. The molecule has 0 aromatic rings. The Balaban J connectivity index is 3.37. The first-order chi connectivity index (χ1) is 5.07. The SMILES string of the molecule is CC(CO)SCC(N)C(C)C. The van der Waals surface area contributed by atoms with Crippen LogP contribution in [0.25, 0.3) is 0 Å². The number of hydrogen-bond donors (Lipinski definition) is 2. The van der Waals surface area contributed by atoms with Crippen LogP contribution >= 0.6 is 11.8 Å². The van der Waals surface area contributed by atoms with Gasteiger partial charge in [0.1, 0.15) is 0 Å². The molecule has 0 rings (SSSR count). The van der Waals surface area contributed by atoms with Gasteiger partial charge in [0.05, 0.1) is 6.61 Å². The van der Waals surface area contributed by atoms with Gasteiger partial charge in [-0.2, -0.15) is 11.8 Å². The van der Waals surface area contributed by atoms with Gasteiger partial charge in [-0.15, -0.1) is 0 Å². The predicted molar refractivity (Wildman–Crippen MR) is 51.8 cm³/mol. The molecule has 0 aliphatic rings. The molecule has 0 radical (unpaired) electrons. The summed E-state index contributed by atoms with van der Waals surface area (Å²) in [6.07, 6.45) is 0. The Morgan fingerprint density at radius 1 is 1.36 bits per heavy atom. The van der Waals surface area contributed by atoms with Crippen molar-refractivity contribution < 1.29 is 5.11 Å². The fourth-order valence-corrected chi connectivity index (χ4v) is 1.56. The Labute approximate surface area is 73.6 Å². The van der Waals surface area contributed by atoms with Crippen molar-refractivity contribution in [1.82, 2.24) is 0 Å². The third-order valence-corrected chi connectivity index (χ3v) is 2.98. The summed E-state index contributed by atoms with van der Waals surface area (Å²) >= 11 is 1.74. The lowest BCUT2D eigenvalue weighted by Crippen LogP contribution is -2.29. The van der Waals surface area contributed by atoms with Gasteiger partial charge in [0.25, 0.3) is 0 Å². The van der Waals surface area contributed by atoms with Crippen LogP contribution in [0.3, 0.4) is 0 Å². The summed E-state index contributed by atoms with van der Waals surface area (Å²) in [7, 11) is 0. The zero-order valence-corrected chi connectivity index (χ0v) is 8.40. The van der Waals surface area contributed by atoms with Crippen LogP contribution in [0.1, 0.15) is 20.8 Å². The molecule has 0 aromatic carbocycles. The molecule has 0 aliphatic heterocycles. The molecule has 68 valence electrons. The Kier molecular flexibility index (Phi) is 6.01. The molecule has 0 fully saturated rings. The van der Waals surface area contributed by atoms with E-state index < -0.39 is 0 Å². The van der Waals surface area contributed by atoms with E-state index in [1.807, 2.05) is 6.92 Å². The monoisotopic (exact) mass is 177 g/mol. The van der Waals surface area contributed by atoms with Gasteiger partial charge in [0.2, 0.25) is 0 Å². The summed E-state index contributed by atoms with van der Waals surface area (Å²) < 4.78 is 0. The van der Waals surface area contributed by atoms with Gasteiger partial charge >= 0.3 is 0 Å². The zero-order chi connectivity index (χ0) is 8.85. The van der Waals surface area contributed by atoms with E-state index in [-0.39, 0.29) is 12.6 Å². The van der Waals surface area contributed by atoms with E-state index in [2.05, 4.69) is 13.8 Å². The molecule has 2 unspecified atom stereocenters.